The average Bonchev–Trinajstić information content (AvgIpc) is 2.47. The molecule has 0 saturated carbocycles. The number of halogens is 4. The van der Waals surface area contributed by atoms with Gasteiger partial charge in [0.25, 0.3) is 25.8 Å². The number of rotatable bonds is 20. The van der Waals surface area contributed by atoms with E-state index in [0.29, 0.717) is 60.7 Å². The molecule has 3 unspecified atom stereocenters. The van der Waals surface area contributed by atoms with Crippen molar-refractivity contribution in [3.8, 4) is 0 Å². The topological polar surface area (TPSA) is 172 Å². The van der Waals surface area contributed by atoms with Crippen molar-refractivity contribution in [2.75, 3.05) is 92.9 Å². The predicted octanol–water partition coefficient (Wildman–Crippen LogP) is 10.7. The maximum absolute atomic E-state index is 14.6. The van der Waals surface area contributed by atoms with Crippen molar-refractivity contribution in [2.45, 2.75) is 116 Å². The third kappa shape index (κ3) is 14.9. The molecule has 5 heterocycles. The van der Waals surface area contributed by atoms with Crippen molar-refractivity contribution < 1.29 is 44.4 Å². The van der Waals surface area contributed by atoms with Crippen LogP contribution in [0.4, 0.5) is 30.2 Å². The Balaban J connectivity index is 0.700. The molecular weight excluding hydrogens is 1190 g/mol. The standard InChI is InChI=1S/C65H76ClF3N8O7S3/c1-64(2)28-24-57(45-8-14-49(66)15-9-45)48(38-64)40-73-32-34-75(35-33-73)52-18-12-47(13-19-52)62(79)72-87(83,84)56-20-22-59(60(37-56)86(81,82)65(67,68)69)70-50(43-85-55-6-4-3-5-7-55)27-31-76-41-54-36-53(76)42-77(54)39-44-25-29-74(30-26-44)51-16-10-46(11-17-51)58-21-23-61(78)71-63(58)80/h3-20,22,37,44,50,53-54,58,70H,21,23-36,38-43H2,1-2H3,(H,72,79)(H,71,78,80)/t50-,53?,54?,58?/m1/s1. The number of alkyl halides is 3. The highest BCUT2D eigenvalue weighted by Crippen LogP contribution is 2.44. The first-order chi connectivity index (χ1) is 41.5. The second-order valence-corrected chi connectivity index (χ2v) is 30.2. The van der Waals surface area contributed by atoms with E-state index in [1.807, 2.05) is 59.3 Å². The lowest BCUT2D eigenvalue weighted by Gasteiger charge is -2.39. The van der Waals surface area contributed by atoms with Gasteiger partial charge in [-0.1, -0.05) is 73.5 Å². The molecule has 1 aliphatic carbocycles. The summed E-state index contributed by atoms with van der Waals surface area (Å²) in [7, 11) is -11.0. The van der Waals surface area contributed by atoms with Crippen molar-refractivity contribution in [3.05, 3.63) is 149 Å². The van der Waals surface area contributed by atoms with E-state index in [4.69, 9.17) is 11.6 Å². The molecule has 0 radical (unpaired) electrons. The summed E-state index contributed by atoms with van der Waals surface area (Å²) in [6.07, 6.45) is 7.55. The van der Waals surface area contributed by atoms with Gasteiger partial charge in [0.2, 0.25) is 11.8 Å². The van der Waals surface area contributed by atoms with Crippen molar-refractivity contribution in [3.63, 3.8) is 0 Å². The second-order valence-electron chi connectivity index (χ2n) is 25.1. The van der Waals surface area contributed by atoms with Crippen LogP contribution in [0.3, 0.4) is 0 Å². The third-order valence-electron chi connectivity index (χ3n) is 18.5. The largest absolute Gasteiger partial charge is 0.501 e. The number of nitrogens with zero attached hydrogens (tertiary/aromatic N) is 5. The monoisotopic (exact) mass is 1270 g/mol. The summed E-state index contributed by atoms with van der Waals surface area (Å²) in [5.74, 6) is -0.903. The molecule has 15 nitrogen and oxygen atoms in total. The summed E-state index contributed by atoms with van der Waals surface area (Å²) in [6.45, 7) is 13.8. The van der Waals surface area contributed by atoms with E-state index in [0.717, 1.165) is 138 Å². The molecule has 5 fully saturated rings. The summed E-state index contributed by atoms with van der Waals surface area (Å²) in [5.41, 5.74) is 0.967. The number of piperidine rings is 2. The van der Waals surface area contributed by atoms with Gasteiger partial charge in [0, 0.05) is 129 Å². The second kappa shape index (κ2) is 26.3. The van der Waals surface area contributed by atoms with Crippen molar-refractivity contribution in [2.24, 2.45) is 11.3 Å². The normalized spacial score (nSPS) is 22.2. The van der Waals surface area contributed by atoms with Gasteiger partial charge in [0.15, 0.2) is 0 Å². The Kier molecular flexibility index (Phi) is 18.9. The van der Waals surface area contributed by atoms with Gasteiger partial charge >= 0.3 is 5.51 Å². The quantitative estimate of drug-likeness (QED) is 0.0496. The molecule has 3 N–H and O–H groups in total. The van der Waals surface area contributed by atoms with E-state index in [9.17, 15) is 44.4 Å². The highest BCUT2D eigenvalue weighted by Gasteiger charge is 2.49. The number of nitrogens with one attached hydrogen (secondary N) is 3. The fraction of sp³-hybridized carbons (Fsp3) is 0.462. The Labute approximate surface area is 518 Å². The number of allylic oxidation sites excluding steroid dienone is 1. The van der Waals surface area contributed by atoms with Crippen LogP contribution in [0, 0.1) is 11.3 Å². The van der Waals surface area contributed by atoms with Gasteiger partial charge in [-0.05, 0) is 158 Å². The van der Waals surface area contributed by atoms with Crippen LogP contribution in [0.15, 0.2) is 142 Å². The smallest absolute Gasteiger partial charge is 0.380 e. The lowest BCUT2D eigenvalue weighted by atomic mass is 9.73. The lowest BCUT2D eigenvalue weighted by Crippen LogP contribution is -2.49. The molecule has 464 valence electrons. The number of anilines is 3. The fourth-order valence-corrected chi connectivity index (χ4v) is 16.8. The number of thioether (sulfide) groups is 1. The molecule has 3 amide bonds. The van der Waals surface area contributed by atoms with E-state index < -0.39 is 52.8 Å². The van der Waals surface area contributed by atoms with Crippen LogP contribution < -0.4 is 25.2 Å². The molecule has 22 heteroatoms. The number of piperazine rings is 2. The summed E-state index contributed by atoms with van der Waals surface area (Å²) in [4.78, 5) is 48.6. The molecule has 5 aromatic carbocycles. The van der Waals surface area contributed by atoms with Crippen LogP contribution in [0.5, 0.6) is 0 Å². The SMILES string of the molecule is CC1(C)CCC(c2ccc(Cl)cc2)=C(CN2CCN(c3ccc(C(=O)NS(=O)(=O)c4ccc(N[C@H](CCN5CC6CC5CN6CC5CCN(c6ccc(C7CCC(=O)NC7=O)cc6)CC5)CSc5ccccc5)c(S(=O)(=O)C(F)(F)F)c4)cc3)CC2)C1. The molecule has 5 saturated heterocycles. The Morgan fingerprint density at radius 2 is 1.44 bits per heavy atom. The molecule has 2 bridgehead atoms. The Bertz CT molecular complexity index is 3570. The molecule has 0 spiro atoms. The van der Waals surface area contributed by atoms with Crippen LogP contribution in [0.25, 0.3) is 5.57 Å². The highest BCUT2D eigenvalue weighted by atomic mass is 35.5. The third-order valence-corrected chi connectivity index (χ3v) is 22.8. The number of hydrogen-bond acceptors (Lipinski definition) is 14. The Morgan fingerprint density at radius 1 is 0.782 bits per heavy atom. The van der Waals surface area contributed by atoms with Gasteiger partial charge in [-0.2, -0.15) is 13.2 Å². The minimum absolute atomic E-state index is 0.00634. The van der Waals surface area contributed by atoms with Gasteiger partial charge in [-0.25, -0.2) is 21.6 Å². The zero-order valence-electron chi connectivity index (χ0n) is 49.1. The number of amides is 3. The minimum atomic E-state index is -6.11. The van der Waals surface area contributed by atoms with Gasteiger partial charge in [0.05, 0.1) is 16.5 Å². The van der Waals surface area contributed by atoms with E-state index >= 15 is 0 Å². The summed E-state index contributed by atoms with van der Waals surface area (Å²) >= 11 is 7.70. The van der Waals surface area contributed by atoms with Crippen molar-refractivity contribution in [1.82, 2.24) is 24.7 Å². The lowest BCUT2D eigenvalue weighted by molar-refractivity contribution is -0.134. The van der Waals surface area contributed by atoms with Crippen LogP contribution in [0.2, 0.25) is 5.02 Å². The number of fused-ring (bicyclic) bond motifs is 2. The van der Waals surface area contributed by atoms with Crippen molar-refractivity contribution in [1.29, 1.82) is 0 Å². The Morgan fingerprint density at radius 3 is 2.09 bits per heavy atom. The van der Waals surface area contributed by atoms with Crippen LogP contribution in [-0.4, -0.2) is 151 Å². The van der Waals surface area contributed by atoms with E-state index in [1.54, 1.807) is 12.1 Å². The molecule has 5 aromatic rings. The van der Waals surface area contributed by atoms with E-state index in [2.05, 4.69) is 73.2 Å². The number of sulfone groups is 1. The number of hydrogen-bond donors (Lipinski definition) is 3. The van der Waals surface area contributed by atoms with Crippen LogP contribution in [0.1, 0.15) is 99.0 Å². The summed E-state index contributed by atoms with van der Waals surface area (Å²) in [5, 5.41) is 6.27. The fourth-order valence-electron chi connectivity index (χ4n) is 13.6. The van der Waals surface area contributed by atoms with Crippen molar-refractivity contribution >= 4 is 83.6 Å². The molecule has 11 rings (SSSR count). The summed E-state index contributed by atoms with van der Waals surface area (Å²) < 4.78 is 100. The molecular formula is C65H76ClF3N8O7S3. The van der Waals surface area contributed by atoms with Gasteiger partial charge in [0.1, 0.15) is 4.90 Å². The number of benzene rings is 5. The first kappa shape index (κ1) is 62.7. The molecule has 0 aromatic heterocycles. The zero-order valence-corrected chi connectivity index (χ0v) is 52.3. The van der Waals surface area contributed by atoms with Crippen LogP contribution in [-0.2, 0) is 29.4 Å². The van der Waals surface area contributed by atoms with Gasteiger partial charge in [-0.15, -0.1) is 11.8 Å². The molecule has 5 aliphatic heterocycles. The average molecular weight is 1270 g/mol. The number of imide groups is 1. The number of carbonyl (C=O) groups excluding carboxylic acids is 3. The first-order valence-electron chi connectivity index (χ1n) is 30.2. The predicted molar refractivity (Wildman–Crippen MR) is 336 cm³/mol. The number of carbonyl (C=O) groups is 3. The van der Waals surface area contributed by atoms with E-state index in [1.165, 1.54) is 40.6 Å². The molecule has 4 atom stereocenters. The number of likely N-dealkylation sites (tertiary alicyclic amines) is 2. The van der Waals surface area contributed by atoms with Gasteiger partial charge < -0.3 is 15.1 Å². The Hall–Kier alpha value is -5.94. The maximum atomic E-state index is 14.6. The maximum Gasteiger partial charge on any atom is 0.501 e. The zero-order chi connectivity index (χ0) is 61.3. The number of sulfonamides is 1. The van der Waals surface area contributed by atoms with E-state index in [-0.39, 0.29) is 28.7 Å². The molecule has 87 heavy (non-hydrogen) atoms. The van der Waals surface area contributed by atoms with Crippen LogP contribution >= 0.6 is 23.4 Å². The minimum Gasteiger partial charge on any atom is -0.380 e. The molecule has 6 aliphatic rings. The highest BCUT2D eigenvalue weighted by molar-refractivity contribution is 7.99. The summed E-state index contributed by atoms with van der Waals surface area (Å²) in [6, 6.07) is 34.8. The first-order valence-corrected chi connectivity index (χ1v) is 34.5. The van der Waals surface area contributed by atoms with Gasteiger partial charge in [-0.3, -0.25) is 34.4 Å².